The first-order valence-electron chi connectivity index (χ1n) is 9.64. The number of aryl methyl sites for hydroxylation is 1. The third-order valence-corrected chi connectivity index (χ3v) is 6.50. The molecule has 0 N–H and O–H groups in total. The Hall–Kier alpha value is -3.56. The normalized spacial score (nSPS) is 10.7. The minimum atomic E-state index is -3.82. The Morgan fingerprint density at radius 1 is 0.935 bits per heavy atom. The molecule has 0 fully saturated rings. The molecule has 0 spiro atoms. The largest absolute Gasteiger partial charge is 0.497 e. The van der Waals surface area contributed by atoms with Gasteiger partial charge in [-0.25, -0.2) is 8.42 Å². The molecule has 31 heavy (non-hydrogen) atoms. The van der Waals surface area contributed by atoms with Gasteiger partial charge in [-0.15, -0.1) is 0 Å². The molecule has 0 radical (unpaired) electrons. The van der Waals surface area contributed by atoms with Gasteiger partial charge in [0, 0.05) is 11.1 Å². The Balaban J connectivity index is 1.94. The molecule has 158 valence electrons. The van der Waals surface area contributed by atoms with E-state index >= 15 is 0 Å². The van der Waals surface area contributed by atoms with Crippen LogP contribution in [0.4, 0.5) is 5.69 Å². The topological polar surface area (TPSA) is 63.7 Å². The van der Waals surface area contributed by atoms with Crippen molar-refractivity contribution < 1.29 is 17.9 Å². The predicted octanol–water partition coefficient (Wildman–Crippen LogP) is 4.45. The van der Waals surface area contributed by atoms with Crippen LogP contribution >= 0.6 is 0 Å². The van der Waals surface area contributed by atoms with E-state index in [0.717, 1.165) is 5.56 Å². The lowest BCUT2D eigenvalue weighted by atomic mass is 10.1. The number of hydrogen-bond donors (Lipinski definition) is 0. The molecule has 6 heteroatoms. The smallest absolute Gasteiger partial charge is 0.265 e. The third kappa shape index (κ3) is 5.33. The van der Waals surface area contributed by atoms with Crippen molar-refractivity contribution in [1.82, 2.24) is 0 Å². The fourth-order valence-electron chi connectivity index (χ4n) is 2.90. The number of carbonyl (C=O) groups is 1. The zero-order chi connectivity index (χ0) is 22.4. The zero-order valence-corrected chi connectivity index (χ0v) is 18.4. The molecule has 0 bridgehead atoms. The van der Waals surface area contributed by atoms with Crippen LogP contribution in [0.15, 0.2) is 77.7 Å². The minimum absolute atomic E-state index is 0.0191. The van der Waals surface area contributed by atoms with Crippen molar-refractivity contribution in [2.75, 3.05) is 18.0 Å². The Morgan fingerprint density at radius 2 is 1.55 bits per heavy atom. The van der Waals surface area contributed by atoms with E-state index in [9.17, 15) is 13.2 Å². The molecule has 0 heterocycles. The van der Waals surface area contributed by atoms with Crippen molar-refractivity contribution in [3.05, 3.63) is 89.5 Å². The van der Waals surface area contributed by atoms with Crippen LogP contribution < -0.4 is 9.04 Å². The lowest BCUT2D eigenvalue weighted by molar-refractivity contribution is 0.101. The van der Waals surface area contributed by atoms with Gasteiger partial charge in [0.05, 0.1) is 24.2 Å². The van der Waals surface area contributed by atoms with Crippen molar-refractivity contribution >= 4 is 21.5 Å². The van der Waals surface area contributed by atoms with E-state index in [0.29, 0.717) is 22.6 Å². The molecule has 0 atom stereocenters. The number of ketones is 1. The summed E-state index contributed by atoms with van der Waals surface area (Å²) in [4.78, 5) is 11.6. The van der Waals surface area contributed by atoms with E-state index < -0.39 is 10.0 Å². The summed E-state index contributed by atoms with van der Waals surface area (Å²) < 4.78 is 33.1. The highest BCUT2D eigenvalue weighted by atomic mass is 32.2. The molecule has 0 aliphatic heterocycles. The summed E-state index contributed by atoms with van der Waals surface area (Å²) in [5.41, 5.74) is 2.77. The monoisotopic (exact) mass is 433 g/mol. The predicted molar refractivity (Wildman–Crippen MR) is 122 cm³/mol. The number of ether oxygens (including phenoxy) is 1. The molecule has 3 aromatic carbocycles. The van der Waals surface area contributed by atoms with Gasteiger partial charge in [0.1, 0.15) is 5.75 Å². The first kappa shape index (κ1) is 22.1. The standard InChI is InChI=1S/C25H23NO4S/c1-19-6-16-25(17-7-19)31(28,29)26(23-12-14-24(30-3)15-13-23)18-4-5-21-8-10-22(11-9-21)20(2)27/h6-17H,18H2,1-3H3. The second kappa shape index (κ2) is 9.50. The van der Waals surface area contributed by atoms with Crippen molar-refractivity contribution in [3.8, 4) is 17.6 Å². The van der Waals surface area contributed by atoms with Crippen LogP contribution in [-0.4, -0.2) is 27.9 Å². The third-order valence-electron chi connectivity index (χ3n) is 4.72. The van der Waals surface area contributed by atoms with Crippen LogP contribution in [0.2, 0.25) is 0 Å². The van der Waals surface area contributed by atoms with Crippen LogP contribution in [0.1, 0.15) is 28.4 Å². The SMILES string of the molecule is COc1ccc(N(CC#Cc2ccc(C(C)=O)cc2)S(=O)(=O)c2ccc(C)cc2)cc1. The second-order valence-corrected chi connectivity index (χ2v) is 8.82. The summed E-state index contributed by atoms with van der Waals surface area (Å²) in [5.74, 6) is 6.53. The molecule has 0 saturated carbocycles. The summed E-state index contributed by atoms with van der Waals surface area (Å²) in [6.07, 6.45) is 0. The first-order valence-corrected chi connectivity index (χ1v) is 11.1. The van der Waals surface area contributed by atoms with Gasteiger partial charge in [0.15, 0.2) is 5.78 Å². The van der Waals surface area contributed by atoms with E-state index in [1.165, 1.54) is 11.2 Å². The lowest BCUT2D eigenvalue weighted by Crippen LogP contribution is -2.31. The molecular formula is C25H23NO4S. The Labute approximate surface area is 183 Å². The van der Waals surface area contributed by atoms with Crippen LogP contribution in [-0.2, 0) is 10.0 Å². The molecule has 0 aromatic heterocycles. The fourth-order valence-corrected chi connectivity index (χ4v) is 4.27. The average Bonchev–Trinajstić information content (AvgIpc) is 2.77. The summed E-state index contributed by atoms with van der Waals surface area (Å²) in [7, 11) is -2.26. The van der Waals surface area contributed by atoms with Crippen LogP contribution in [0.3, 0.4) is 0 Å². The fraction of sp³-hybridized carbons (Fsp3) is 0.160. The summed E-state index contributed by atoms with van der Waals surface area (Å²) >= 11 is 0. The minimum Gasteiger partial charge on any atom is -0.497 e. The van der Waals surface area contributed by atoms with Crippen molar-refractivity contribution in [3.63, 3.8) is 0 Å². The van der Waals surface area contributed by atoms with Crippen molar-refractivity contribution in [2.24, 2.45) is 0 Å². The van der Waals surface area contributed by atoms with Crippen LogP contribution in [0.25, 0.3) is 0 Å². The number of hydrogen-bond acceptors (Lipinski definition) is 4. The number of benzene rings is 3. The number of anilines is 1. The average molecular weight is 434 g/mol. The summed E-state index contributed by atoms with van der Waals surface area (Å²) in [5, 5.41) is 0. The molecule has 5 nitrogen and oxygen atoms in total. The maximum Gasteiger partial charge on any atom is 0.265 e. The molecular weight excluding hydrogens is 410 g/mol. The maximum absolute atomic E-state index is 13.3. The molecule has 0 unspecified atom stereocenters. The van der Waals surface area contributed by atoms with E-state index in [4.69, 9.17) is 4.74 Å². The molecule has 0 aliphatic rings. The molecule has 3 rings (SSSR count). The van der Waals surface area contributed by atoms with Gasteiger partial charge in [-0.3, -0.25) is 9.10 Å². The van der Waals surface area contributed by atoms with Gasteiger partial charge >= 0.3 is 0 Å². The van der Waals surface area contributed by atoms with Crippen molar-refractivity contribution in [1.29, 1.82) is 0 Å². The number of Topliss-reactive ketones (excluding diaryl/α,β-unsaturated/α-hetero) is 1. The summed E-state index contributed by atoms with van der Waals surface area (Å²) in [6, 6.07) is 20.4. The highest BCUT2D eigenvalue weighted by Gasteiger charge is 2.24. The van der Waals surface area contributed by atoms with Gasteiger partial charge in [0.25, 0.3) is 10.0 Å². The lowest BCUT2D eigenvalue weighted by Gasteiger charge is -2.22. The molecule has 0 amide bonds. The Morgan fingerprint density at radius 3 is 2.10 bits per heavy atom. The maximum atomic E-state index is 13.3. The van der Waals surface area contributed by atoms with Gasteiger partial charge < -0.3 is 4.74 Å². The Bertz CT molecular complexity index is 1220. The van der Waals surface area contributed by atoms with Crippen molar-refractivity contribution in [2.45, 2.75) is 18.7 Å². The number of nitrogens with zero attached hydrogens (tertiary/aromatic N) is 1. The number of sulfonamides is 1. The Kier molecular flexibility index (Phi) is 6.78. The molecule has 0 aliphatic carbocycles. The van der Waals surface area contributed by atoms with Crippen LogP contribution in [0, 0.1) is 18.8 Å². The highest BCUT2D eigenvalue weighted by Crippen LogP contribution is 2.25. The first-order chi connectivity index (χ1) is 14.8. The summed E-state index contributed by atoms with van der Waals surface area (Å²) in [6.45, 7) is 3.38. The van der Waals surface area contributed by atoms with Crippen LogP contribution in [0.5, 0.6) is 5.75 Å². The van der Waals surface area contributed by atoms with E-state index in [-0.39, 0.29) is 17.2 Å². The number of carbonyl (C=O) groups excluding carboxylic acids is 1. The van der Waals surface area contributed by atoms with Gasteiger partial charge in [0.2, 0.25) is 0 Å². The number of rotatable bonds is 6. The van der Waals surface area contributed by atoms with Gasteiger partial charge in [-0.1, -0.05) is 41.7 Å². The van der Waals surface area contributed by atoms with E-state index in [2.05, 4.69) is 11.8 Å². The quantitative estimate of drug-likeness (QED) is 0.426. The zero-order valence-electron chi connectivity index (χ0n) is 17.6. The van der Waals surface area contributed by atoms with Gasteiger partial charge in [-0.2, -0.15) is 0 Å². The van der Waals surface area contributed by atoms with Gasteiger partial charge in [-0.05, 0) is 62.4 Å². The molecule has 3 aromatic rings. The number of methoxy groups -OCH3 is 1. The second-order valence-electron chi connectivity index (χ2n) is 6.96. The van der Waals surface area contributed by atoms with E-state index in [1.54, 1.807) is 79.9 Å². The molecule has 0 saturated heterocycles. The highest BCUT2D eigenvalue weighted by molar-refractivity contribution is 7.92. The van der Waals surface area contributed by atoms with E-state index in [1.807, 2.05) is 6.92 Å².